The second-order valence-electron chi connectivity index (χ2n) is 6.21. The van der Waals surface area contributed by atoms with Crippen LogP contribution in [0.2, 0.25) is 0 Å². The summed E-state index contributed by atoms with van der Waals surface area (Å²) in [6.45, 7) is 1.79. The van der Waals surface area contributed by atoms with Gasteiger partial charge in [-0.3, -0.25) is 4.79 Å². The van der Waals surface area contributed by atoms with E-state index in [1.165, 1.54) is 12.8 Å². The highest BCUT2D eigenvalue weighted by Gasteiger charge is 2.14. The van der Waals surface area contributed by atoms with E-state index in [1.54, 1.807) is 25.3 Å². The number of methoxy groups -OCH3 is 1. The predicted molar refractivity (Wildman–Crippen MR) is 107 cm³/mol. The predicted octanol–water partition coefficient (Wildman–Crippen LogP) is 3.85. The Labute approximate surface area is 166 Å². The third kappa shape index (κ3) is 5.01. The first-order valence-corrected chi connectivity index (χ1v) is 9.51. The largest absolute Gasteiger partial charge is 0.496 e. The van der Waals surface area contributed by atoms with Crippen molar-refractivity contribution in [3.63, 3.8) is 0 Å². The maximum atomic E-state index is 12.1. The molecular weight excluding hydrogens is 412 g/mol. The third-order valence-electron chi connectivity index (χ3n) is 4.34. The van der Waals surface area contributed by atoms with Gasteiger partial charge in [-0.2, -0.15) is 0 Å². The normalized spacial score (nSPS) is 13.3. The molecule has 6 nitrogen and oxygen atoms in total. The molecule has 27 heavy (non-hydrogen) atoms. The van der Waals surface area contributed by atoms with E-state index in [0.29, 0.717) is 21.5 Å². The van der Waals surface area contributed by atoms with Crippen LogP contribution in [0, 0.1) is 0 Å². The Kier molecular flexibility index (Phi) is 6.34. The lowest BCUT2D eigenvalue weighted by Crippen LogP contribution is -2.21. The van der Waals surface area contributed by atoms with E-state index in [-0.39, 0.29) is 12.5 Å². The van der Waals surface area contributed by atoms with E-state index in [4.69, 9.17) is 9.47 Å². The zero-order valence-electron chi connectivity index (χ0n) is 15.0. The van der Waals surface area contributed by atoms with Crippen LogP contribution in [0.4, 0.5) is 11.4 Å². The summed E-state index contributed by atoms with van der Waals surface area (Å²) in [6.07, 6.45) is 2.43. The molecule has 1 aliphatic rings. The molecule has 0 unspecified atom stereocenters. The molecular formula is C20H21BrN2O4. The Balaban J connectivity index is 1.50. The molecule has 0 atom stereocenters. The van der Waals surface area contributed by atoms with Crippen molar-refractivity contribution in [2.75, 3.05) is 37.0 Å². The van der Waals surface area contributed by atoms with Gasteiger partial charge in [-0.15, -0.1) is 0 Å². The fourth-order valence-electron chi connectivity index (χ4n) is 2.94. The quantitative estimate of drug-likeness (QED) is 0.701. The van der Waals surface area contributed by atoms with Crippen LogP contribution in [-0.2, 0) is 9.53 Å². The van der Waals surface area contributed by atoms with Gasteiger partial charge in [0.25, 0.3) is 5.91 Å². The number of ether oxygens (including phenoxy) is 2. The summed E-state index contributed by atoms with van der Waals surface area (Å²) in [5, 5.41) is 2.73. The van der Waals surface area contributed by atoms with Gasteiger partial charge in [-0.05, 0) is 71.2 Å². The number of carbonyl (C=O) groups is 2. The number of carbonyl (C=O) groups excluding carboxylic acids is 2. The van der Waals surface area contributed by atoms with Crippen LogP contribution in [0.25, 0.3) is 0 Å². The maximum absolute atomic E-state index is 12.1. The van der Waals surface area contributed by atoms with Gasteiger partial charge in [0.15, 0.2) is 6.61 Å². The summed E-state index contributed by atoms with van der Waals surface area (Å²) in [5.41, 5.74) is 2.17. The third-order valence-corrected chi connectivity index (χ3v) is 4.96. The van der Waals surface area contributed by atoms with Gasteiger partial charge in [0.2, 0.25) is 0 Å². The molecule has 0 aromatic heterocycles. The number of halogens is 1. The van der Waals surface area contributed by atoms with E-state index < -0.39 is 5.97 Å². The molecule has 3 rings (SSSR count). The van der Waals surface area contributed by atoms with E-state index in [1.807, 2.05) is 24.3 Å². The highest BCUT2D eigenvalue weighted by molar-refractivity contribution is 9.10. The van der Waals surface area contributed by atoms with Crippen LogP contribution < -0.4 is 15.0 Å². The number of hydrogen-bond acceptors (Lipinski definition) is 5. The Bertz CT molecular complexity index is 817. The molecule has 0 saturated carbocycles. The first kappa shape index (κ1) is 19.2. The number of benzene rings is 2. The first-order chi connectivity index (χ1) is 13.1. The fourth-order valence-corrected chi connectivity index (χ4v) is 3.48. The second-order valence-corrected chi connectivity index (χ2v) is 7.07. The van der Waals surface area contributed by atoms with Gasteiger partial charge < -0.3 is 19.7 Å². The maximum Gasteiger partial charge on any atom is 0.338 e. The Morgan fingerprint density at radius 2 is 1.81 bits per heavy atom. The molecule has 0 radical (unpaired) electrons. The molecule has 0 spiro atoms. The van der Waals surface area contributed by atoms with Gasteiger partial charge in [0, 0.05) is 24.5 Å². The average Bonchev–Trinajstić information content (AvgIpc) is 3.21. The summed E-state index contributed by atoms with van der Waals surface area (Å²) in [7, 11) is 1.54. The summed E-state index contributed by atoms with van der Waals surface area (Å²) in [4.78, 5) is 26.4. The van der Waals surface area contributed by atoms with E-state index in [0.717, 1.165) is 18.8 Å². The van der Waals surface area contributed by atoms with Crippen LogP contribution in [0.15, 0.2) is 46.9 Å². The number of hydrogen-bond donors (Lipinski definition) is 1. The molecule has 1 N–H and O–H groups in total. The number of nitrogens with zero attached hydrogens (tertiary/aromatic N) is 1. The lowest BCUT2D eigenvalue weighted by atomic mass is 10.2. The van der Waals surface area contributed by atoms with Crippen molar-refractivity contribution in [2.45, 2.75) is 12.8 Å². The highest BCUT2D eigenvalue weighted by atomic mass is 79.9. The second kappa shape index (κ2) is 8.90. The van der Waals surface area contributed by atoms with Crippen LogP contribution >= 0.6 is 15.9 Å². The minimum Gasteiger partial charge on any atom is -0.496 e. The molecule has 7 heteroatoms. The van der Waals surface area contributed by atoms with Gasteiger partial charge in [-0.1, -0.05) is 0 Å². The van der Waals surface area contributed by atoms with Crippen LogP contribution in [0.3, 0.4) is 0 Å². The molecule has 2 aromatic carbocycles. The number of amides is 1. The van der Waals surface area contributed by atoms with Gasteiger partial charge >= 0.3 is 5.97 Å². The Morgan fingerprint density at radius 3 is 2.44 bits per heavy atom. The molecule has 1 aliphatic heterocycles. The molecule has 1 fully saturated rings. The lowest BCUT2D eigenvalue weighted by Gasteiger charge is -2.17. The standard InChI is InChI=1S/C20H21BrN2O4/c1-26-18-9-4-14(12-17(18)21)20(25)27-13-19(24)22-15-5-7-16(8-6-15)23-10-2-3-11-23/h4-9,12H,2-3,10-11,13H2,1H3,(H,22,24). The van der Waals surface area contributed by atoms with E-state index in [2.05, 4.69) is 26.1 Å². The zero-order valence-corrected chi connectivity index (χ0v) is 16.6. The van der Waals surface area contributed by atoms with Crippen molar-refractivity contribution in [1.82, 2.24) is 0 Å². The van der Waals surface area contributed by atoms with E-state index in [9.17, 15) is 9.59 Å². The SMILES string of the molecule is COc1ccc(C(=O)OCC(=O)Nc2ccc(N3CCCC3)cc2)cc1Br. The number of rotatable bonds is 6. The van der Waals surface area contributed by atoms with Gasteiger partial charge in [0.1, 0.15) is 5.75 Å². The Hall–Kier alpha value is -2.54. The lowest BCUT2D eigenvalue weighted by molar-refractivity contribution is -0.119. The van der Waals surface area contributed by atoms with Crippen molar-refractivity contribution in [3.05, 3.63) is 52.5 Å². The molecule has 0 bridgehead atoms. The fraction of sp³-hybridized carbons (Fsp3) is 0.300. The summed E-state index contributed by atoms with van der Waals surface area (Å²) in [6, 6.07) is 12.5. The minimum atomic E-state index is -0.571. The monoisotopic (exact) mass is 432 g/mol. The van der Waals surface area contributed by atoms with Crippen molar-refractivity contribution < 1.29 is 19.1 Å². The number of esters is 1. The van der Waals surface area contributed by atoms with Gasteiger partial charge in [0.05, 0.1) is 17.1 Å². The van der Waals surface area contributed by atoms with Gasteiger partial charge in [-0.25, -0.2) is 4.79 Å². The summed E-state index contributed by atoms with van der Waals surface area (Å²) in [5.74, 6) is -0.343. The molecule has 0 aliphatic carbocycles. The zero-order chi connectivity index (χ0) is 19.2. The average molecular weight is 433 g/mol. The molecule has 1 heterocycles. The molecule has 1 amide bonds. The molecule has 1 saturated heterocycles. The van der Waals surface area contributed by atoms with Crippen LogP contribution in [0.1, 0.15) is 23.2 Å². The van der Waals surface area contributed by atoms with Crippen molar-refractivity contribution >= 4 is 39.2 Å². The van der Waals surface area contributed by atoms with Crippen LogP contribution in [0.5, 0.6) is 5.75 Å². The molecule has 142 valence electrons. The summed E-state index contributed by atoms with van der Waals surface area (Å²) < 4.78 is 10.8. The van der Waals surface area contributed by atoms with E-state index >= 15 is 0 Å². The van der Waals surface area contributed by atoms with Crippen molar-refractivity contribution in [2.24, 2.45) is 0 Å². The molecule has 2 aromatic rings. The number of anilines is 2. The van der Waals surface area contributed by atoms with Crippen molar-refractivity contribution in [3.8, 4) is 5.75 Å². The number of nitrogens with one attached hydrogen (secondary N) is 1. The van der Waals surface area contributed by atoms with Crippen LogP contribution in [-0.4, -0.2) is 38.7 Å². The summed E-state index contributed by atoms with van der Waals surface area (Å²) >= 11 is 3.31. The smallest absolute Gasteiger partial charge is 0.338 e. The first-order valence-electron chi connectivity index (χ1n) is 8.72. The Morgan fingerprint density at radius 1 is 1.11 bits per heavy atom. The highest BCUT2D eigenvalue weighted by Crippen LogP contribution is 2.26. The topological polar surface area (TPSA) is 67.9 Å². The van der Waals surface area contributed by atoms with Crippen molar-refractivity contribution in [1.29, 1.82) is 0 Å². The minimum absolute atomic E-state index is 0.338.